The lowest BCUT2D eigenvalue weighted by molar-refractivity contribution is 0.0693. The van der Waals surface area contributed by atoms with Crippen molar-refractivity contribution < 1.29 is 19.0 Å². The molecule has 0 atom stereocenters. The summed E-state index contributed by atoms with van der Waals surface area (Å²) in [5.41, 5.74) is 2.00. The van der Waals surface area contributed by atoms with Gasteiger partial charge in [0.2, 0.25) is 0 Å². The highest BCUT2D eigenvalue weighted by molar-refractivity contribution is 5.92. The predicted molar refractivity (Wildman–Crippen MR) is 70.1 cm³/mol. The Morgan fingerprint density at radius 2 is 1.95 bits per heavy atom. The fraction of sp³-hybridized carbons (Fsp3) is 0.133. The van der Waals surface area contributed by atoms with Crippen molar-refractivity contribution in [2.75, 3.05) is 7.11 Å². The zero-order valence-corrected chi connectivity index (χ0v) is 10.6. The summed E-state index contributed by atoms with van der Waals surface area (Å²) < 4.78 is 18.8. The summed E-state index contributed by atoms with van der Waals surface area (Å²) >= 11 is 0. The third-order valence-electron chi connectivity index (χ3n) is 2.86. The number of methoxy groups -OCH3 is 1. The molecule has 0 amide bonds. The monoisotopic (exact) mass is 260 g/mol. The van der Waals surface area contributed by atoms with Gasteiger partial charge in [0.1, 0.15) is 17.1 Å². The lowest BCUT2D eigenvalue weighted by atomic mass is 10.0. The van der Waals surface area contributed by atoms with Gasteiger partial charge in [0, 0.05) is 5.56 Å². The van der Waals surface area contributed by atoms with Crippen molar-refractivity contribution in [2.45, 2.75) is 6.92 Å². The van der Waals surface area contributed by atoms with Crippen LogP contribution in [0, 0.1) is 12.7 Å². The molecule has 2 aromatic carbocycles. The summed E-state index contributed by atoms with van der Waals surface area (Å²) in [5, 5.41) is 9.00. The summed E-state index contributed by atoms with van der Waals surface area (Å²) in [5.74, 6) is -1.21. The first kappa shape index (κ1) is 13.1. The Morgan fingerprint density at radius 3 is 2.58 bits per heavy atom. The maximum Gasteiger partial charge on any atom is 0.339 e. The predicted octanol–water partition coefficient (Wildman–Crippen LogP) is 3.51. The van der Waals surface area contributed by atoms with Crippen LogP contribution in [-0.2, 0) is 0 Å². The van der Waals surface area contributed by atoms with Crippen LogP contribution in [-0.4, -0.2) is 18.2 Å². The van der Waals surface area contributed by atoms with Gasteiger partial charge in [-0.05, 0) is 36.8 Å². The molecule has 0 fully saturated rings. The summed E-state index contributed by atoms with van der Waals surface area (Å²) in [6, 6.07) is 9.30. The largest absolute Gasteiger partial charge is 0.496 e. The Kier molecular flexibility index (Phi) is 3.51. The van der Waals surface area contributed by atoms with Crippen LogP contribution in [0.4, 0.5) is 4.39 Å². The van der Waals surface area contributed by atoms with E-state index in [9.17, 15) is 9.18 Å². The summed E-state index contributed by atoms with van der Waals surface area (Å²) in [4.78, 5) is 11.0. The van der Waals surface area contributed by atoms with Crippen LogP contribution in [0.5, 0.6) is 5.75 Å². The van der Waals surface area contributed by atoms with E-state index < -0.39 is 5.97 Å². The molecule has 0 spiro atoms. The van der Waals surface area contributed by atoms with E-state index in [0.717, 1.165) is 5.56 Å². The third-order valence-corrected chi connectivity index (χ3v) is 2.86. The Labute approximate surface area is 110 Å². The normalized spacial score (nSPS) is 10.3. The molecule has 98 valence electrons. The van der Waals surface area contributed by atoms with E-state index in [1.165, 1.54) is 25.3 Å². The van der Waals surface area contributed by atoms with Crippen LogP contribution >= 0.6 is 0 Å². The lowest BCUT2D eigenvalue weighted by Gasteiger charge is -2.09. The molecule has 4 heteroatoms. The van der Waals surface area contributed by atoms with E-state index >= 15 is 0 Å². The molecule has 0 aromatic heterocycles. The molecule has 2 rings (SSSR count). The van der Waals surface area contributed by atoms with Gasteiger partial charge in [-0.3, -0.25) is 0 Å². The van der Waals surface area contributed by atoms with Crippen LogP contribution in [0.3, 0.4) is 0 Å². The number of carboxylic acids is 1. The van der Waals surface area contributed by atoms with E-state index in [2.05, 4.69) is 0 Å². The molecule has 19 heavy (non-hydrogen) atoms. The highest BCUT2D eigenvalue weighted by Gasteiger charge is 2.13. The van der Waals surface area contributed by atoms with Crippen LogP contribution in [0.2, 0.25) is 0 Å². The molecular formula is C15H13FO3. The van der Waals surface area contributed by atoms with Crippen LogP contribution < -0.4 is 4.74 Å². The van der Waals surface area contributed by atoms with Gasteiger partial charge < -0.3 is 9.84 Å². The first-order valence-electron chi connectivity index (χ1n) is 5.71. The molecule has 0 heterocycles. The van der Waals surface area contributed by atoms with Crippen molar-refractivity contribution in [3.8, 4) is 16.9 Å². The number of halogens is 1. The van der Waals surface area contributed by atoms with Crippen molar-refractivity contribution in [3.05, 3.63) is 53.3 Å². The van der Waals surface area contributed by atoms with Crippen molar-refractivity contribution in [2.24, 2.45) is 0 Å². The number of aryl methyl sites for hydroxylation is 1. The summed E-state index contributed by atoms with van der Waals surface area (Å²) in [6.07, 6.45) is 0. The number of rotatable bonds is 3. The SMILES string of the molecule is COc1cc(-c2cc(C)ccc2F)ccc1C(=O)O. The zero-order valence-electron chi connectivity index (χ0n) is 10.6. The number of hydrogen-bond acceptors (Lipinski definition) is 2. The second-order valence-electron chi connectivity index (χ2n) is 4.20. The Bertz CT molecular complexity index is 635. The first-order valence-corrected chi connectivity index (χ1v) is 5.71. The minimum Gasteiger partial charge on any atom is -0.496 e. The molecule has 0 unspecified atom stereocenters. The molecular weight excluding hydrogens is 247 g/mol. The standard InChI is InChI=1S/C15H13FO3/c1-9-3-6-13(16)12(7-9)10-4-5-11(15(17)18)14(8-10)19-2/h3-8H,1-2H3,(H,17,18). The number of aromatic carboxylic acids is 1. The van der Waals surface area contributed by atoms with Crippen LogP contribution in [0.1, 0.15) is 15.9 Å². The quantitative estimate of drug-likeness (QED) is 0.918. The Balaban J connectivity index is 2.57. The molecule has 0 aliphatic rings. The lowest BCUT2D eigenvalue weighted by Crippen LogP contribution is -2.00. The number of benzene rings is 2. The summed E-state index contributed by atoms with van der Waals surface area (Å²) in [6.45, 7) is 1.87. The second kappa shape index (κ2) is 5.10. The molecule has 0 aliphatic carbocycles. The molecule has 0 aliphatic heterocycles. The van der Waals surface area contributed by atoms with E-state index in [1.807, 2.05) is 6.92 Å². The van der Waals surface area contributed by atoms with Gasteiger partial charge in [0.15, 0.2) is 0 Å². The van der Waals surface area contributed by atoms with Crippen LogP contribution in [0.25, 0.3) is 11.1 Å². The third kappa shape index (κ3) is 2.57. The minimum absolute atomic E-state index is 0.0549. The van der Waals surface area contributed by atoms with Crippen molar-refractivity contribution >= 4 is 5.97 Å². The van der Waals surface area contributed by atoms with Gasteiger partial charge >= 0.3 is 5.97 Å². The van der Waals surface area contributed by atoms with Gasteiger partial charge in [-0.2, -0.15) is 0 Å². The van der Waals surface area contributed by atoms with E-state index in [0.29, 0.717) is 11.1 Å². The molecule has 0 saturated carbocycles. The molecule has 2 aromatic rings. The van der Waals surface area contributed by atoms with Gasteiger partial charge in [0.25, 0.3) is 0 Å². The number of carbonyl (C=O) groups is 1. The van der Waals surface area contributed by atoms with E-state index in [-0.39, 0.29) is 17.1 Å². The first-order chi connectivity index (χ1) is 9.02. The van der Waals surface area contributed by atoms with E-state index in [1.54, 1.807) is 18.2 Å². The Morgan fingerprint density at radius 1 is 1.21 bits per heavy atom. The van der Waals surface area contributed by atoms with Gasteiger partial charge in [-0.1, -0.05) is 17.7 Å². The van der Waals surface area contributed by atoms with Gasteiger partial charge in [0.05, 0.1) is 7.11 Å². The van der Waals surface area contributed by atoms with Crippen molar-refractivity contribution in [1.29, 1.82) is 0 Å². The van der Waals surface area contributed by atoms with Crippen LogP contribution in [0.15, 0.2) is 36.4 Å². The smallest absolute Gasteiger partial charge is 0.339 e. The molecule has 3 nitrogen and oxygen atoms in total. The number of ether oxygens (including phenoxy) is 1. The fourth-order valence-corrected chi connectivity index (χ4v) is 1.90. The molecule has 0 saturated heterocycles. The highest BCUT2D eigenvalue weighted by atomic mass is 19.1. The van der Waals surface area contributed by atoms with E-state index in [4.69, 9.17) is 9.84 Å². The average molecular weight is 260 g/mol. The molecule has 0 radical (unpaired) electrons. The Hall–Kier alpha value is -2.36. The molecule has 0 bridgehead atoms. The fourth-order valence-electron chi connectivity index (χ4n) is 1.90. The average Bonchev–Trinajstić information content (AvgIpc) is 2.40. The summed E-state index contributed by atoms with van der Waals surface area (Å²) in [7, 11) is 1.39. The zero-order chi connectivity index (χ0) is 14.0. The van der Waals surface area contributed by atoms with Crippen molar-refractivity contribution in [3.63, 3.8) is 0 Å². The van der Waals surface area contributed by atoms with Gasteiger partial charge in [-0.15, -0.1) is 0 Å². The highest BCUT2D eigenvalue weighted by Crippen LogP contribution is 2.29. The molecule has 1 N–H and O–H groups in total. The number of hydrogen-bond donors (Lipinski definition) is 1. The maximum atomic E-state index is 13.8. The topological polar surface area (TPSA) is 46.5 Å². The maximum absolute atomic E-state index is 13.8. The van der Waals surface area contributed by atoms with Gasteiger partial charge in [-0.25, -0.2) is 9.18 Å². The second-order valence-corrected chi connectivity index (χ2v) is 4.20. The van der Waals surface area contributed by atoms with Crippen molar-refractivity contribution in [1.82, 2.24) is 0 Å². The number of carboxylic acid groups (broad SMARTS) is 1. The minimum atomic E-state index is -1.08.